The molecular weight excluding hydrogens is 426 g/mol. The second-order valence-electron chi connectivity index (χ2n) is 6.83. The predicted octanol–water partition coefficient (Wildman–Crippen LogP) is 5.77. The molecule has 0 spiro atoms. The lowest BCUT2D eigenvalue weighted by molar-refractivity contribution is 0.103. The van der Waals surface area contributed by atoms with E-state index in [0.29, 0.717) is 22.5 Å². The topological polar surface area (TPSA) is 109 Å². The van der Waals surface area contributed by atoms with Crippen molar-refractivity contribution in [2.75, 3.05) is 0 Å². The van der Waals surface area contributed by atoms with Gasteiger partial charge in [-0.2, -0.15) is 13.5 Å². The molecule has 4 aromatic rings. The monoisotopic (exact) mass is 443 g/mol. The summed E-state index contributed by atoms with van der Waals surface area (Å²) in [5, 5.41) is 10.3. The highest BCUT2D eigenvalue weighted by atomic mass is 32.2. The number of azo groups is 1. The first-order valence-corrected chi connectivity index (χ1v) is 11.0. The normalized spacial score (nSPS) is 11.7. The van der Waals surface area contributed by atoms with E-state index in [2.05, 4.69) is 21.8 Å². The summed E-state index contributed by atoms with van der Waals surface area (Å²) in [7, 11) is -4.41. The van der Waals surface area contributed by atoms with Crippen LogP contribution < -0.4 is 0 Å². The van der Waals surface area contributed by atoms with Crippen LogP contribution >= 0.6 is 0 Å². The van der Waals surface area contributed by atoms with Gasteiger partial charge in [0.25, 0.3) is 10.1 Å². The molecule has 0 saturated heterocycles. The summed E-state index contributed by atoms with van der Waals surface area (Å²) in [5.41, 5.74) is 1.94. The first-order valence-electron chi connectivity index (χ1n) is 9.51. The zero-order valence-electron chi connectivity index (χ0n) is 16.7. The molecule has 0 aliphatic carbocycles. The number of hydrogen-bond donors (Lipinski definition) is 1. The number of carbonyl (C=O) groups excluding carboxylic acids is 1. The molecular formula is C24H17N3O4S. The average molecular weight is 443 g/mol. The Morgan fingerprint density at radius 1 is 0.969 bits per heavy atom. The third-order valence-electron chi connectivity index (χ3n) is 4.80. The maximum absolute atomic E-state index is 13.3. The van der Waals surface area contributed by atoms with E-state index in [4.69, 9.17) is 4.55 Å². The van der Waals surface area contributed by atoms with E-state index >= 15 is 0 Å². The number of ketones is 1. The van der Waals surface area contributed by atoms with Crippen molar-refractivity contribution < 1.29 is 17.8 Å². The number of pyridine rings is 1. The van der Waals surface area contributed by atoms with Crippen molar-refractivity contribution in [1.29, 1.82) is 0 Å². The van der Waals surface area contributed by atoms with Crippen LogP contribution in [-0.2, 0) is 10.1 Å². The molecule has 0 saturated carbocycles. The summed E-state index contributed by atoms with van der Waals surface area (Å²) in [6.45, 7) is 3.85. The zero-order valence-corrected chi connectivity index (χ0v) is 17.5. The van der Waals surface area contributed by atoms with Gasteiger partial charge in [0.05, 0.1) is 5.69 Å². The standard InChI is InChI=1S/C24H17N3O4S/c1-2-19-21(24(28)22-13-12-18(15-25-22)32(29,30)31)14-16-8-6-7-11-20(16)23(19)27-26-17-9-4-3-5-10-17/h2-15H,1H2,(H,29,30,31)/b27-26+. The van der Waals surface area contributed by atoms with E-state index in [1.807, 2.05) is 54.6 Å². The fourth-order valence-electron chi connectivity index (χ4n) is 3.25. The Morgan fingerprint density at radius 3 is 2.34 bits per heavy atom. The SMILES string of the molecule is C=Cc1c(C(=O)c2ccc(S(=O)(=O)O)cn2)cc2ccccc2c1/N=N/c1ccccc1. The molecule has 7 nitrogen and oxygen atoms in total. The van der Waals surface area contributed by atoms with Gasteiger partial charge < -0.3 is 0 Å². The van der Waals surface area contributed by atoms with E-state index in [1.165, 1.54) is 12.1 Å². The van der Waals surface area contributed by atoms with Gasteiger partial charge in [0.15, 0.2) is 0 Å². The molecule has 0 fully saturated rings. The number of carbonyl (C=O) groups is 1. The van der Waals surface area contributed by atoms with Crippen LogP contribution in [0.4, 0.5) is 11.4 Å². The third-order valence-corrected chi connectivity index (χ3v) is 5.64. The van der Waals surface area contributed by atoms with Gasteiger partial charge in [-0.1, -0.05) is 55.1 Å². The molecule has 0 unspecified atom stereocenters. The summed E-state index contributed by atoms with van der Waals surface area (Å²) in [6, 6.07) is 20.8. The fourth-order valence-corrected chi connectivity index (χ4v) is 3.68. The fraction of sp³-hybridized carbons (Fsp3) is 0. The average Bonchev–Trinajstić information content (AvgIpc) is 2.81. The number of rotatable bonds is 6. The second kappa shape index (κ2) is 8.62. The van der Waals surface area contributed by atoms with E-state index < -0.39 is 20.8 Å². The van der Waals surface area contributed by atoms with Gasteiger partial charge in [0, 0.05) is 22.7 Å². The van der Waals surface area contributed by atoms with Crippen molar-refractivity contribution in [3.05, 3.63) is 102 Å². The lowest BCUT2D eigenvalue weighted by Crippen LogP contribution is -2.08. The van der Waals surface area contributed by atoms with Gasteiger partial charge in [0.2, 0.25) is 5.78 Å². The Bertz CT molecular complexity index is 1460. The number of benzene rings is 3. The van der Waals surface area contributed by atoms with Gasteiger partial charge in [-0.05, 0) is 35.7 Å². The lowest BCUT2D eigenvalue weighted by atomic mass is 9.94. The minimum Gasteiger partial charge on any atom is -0.287 e. The maximum atomic E-state index is 13.3. The molecule has 3 aromatic carbocycles. The van der Waals surface area contributed by atoms with Crippen LogP contribution in [0.3, 0.4) is 0 Å². The molecule has 1 heterocycles. The van der Waals surface area contributed by atoms with Crippen LogP contribution in [0.2, 0.25) is 0 Å². The summed E-state index contributed by atoms with van der Waals surface area (Å²) < 4.78 is 31.7. The first kappa shape index (κ1) is 21.2. The van der Waals surface area contributed by atoms with E-state index in [9.17, 15) is 13.2 Å². The maximum Gasteiger partial charge on any atom is 0.296 e. The number of fused-ring (bicyclic) bond motifs is 1. The highest BCUT2D eigenvalue weighted by Crippen LogP contribution is 2.36. The predicted molar refractivity (Wildman–Crippen MR) is 122 cm³/mol. The van der Waals surface area contributed by atoms with Crippen molar-refractivity contribution in [2.45, 2.75) is 4.90 Å². The number of hydrogen-bond acceptors (Lipinski definition) is 6. The molecule has 8 heteroatoms. The van der Waals surface area contributed by atoms with Crippen LogP contribution in [0.5, 0.6) is 0 Å². The molecule has 158 valence electrons. The minimum atomic E-state index is -4.41. The quantitative estimate of drug-likeness (QED) is 0.231. The van der Waals surface area contributed by atoms with Crippen LogP contribution in [-0.4, -0.2) is 23.7 Å². The van der Waals surface area contributed by atoms with Crippen molar-refractivity contribution in [2.24, 2.45) is 10.2 Å². The highest BCUT2D eigenvalue weighted by molar-refractivity contribution is 7.85. The Morgan fingerprint density at radius 2 is 1.69 bits per heavy atom. The Kier molecular flexibility index (Phi) is 5.72. The first-order chi connectivity index (χ1) is 15.4. The van der Waals surface area contributed by atoms with Gasteiger partial charge in [-0.15, -0.1) is 5.11 Å². The Hall–Kier alpha value is -4.01. The largest absolute Gasteiger partial charge is 0.296 e. The molecule has 0 radical (unpaired) electrons. The van der Waals surface area contributed by atoms with Crippen LogP contribution in [0, 0.1) is 0 Å². The number of nitrogens with zero attached hydrogens (tertiary/aromatic N) is 3. The van der Waals surface area contributed by atoms with Crippen molar-refractivity contribution in [1.82, 2.24) is 4.98 Å². The molecule has 32 heavy (non-hydrogen) atoms. The Balaban J connectivity index is 1.87. The molecule has 4 rings (SSSR count). The van der Waals surface area contributed by atoms with Gasteiger partial charge >= 0.3 is 0 Å². The van der Waals surface area contributed by atoms with E-state index in [-0.39, 0.29) is 5.69 Å². The van der Waals surface area contributed by atoms with E-state index in [1.54, 1.807) is 6.07 Å². The molecule has 1 aromatic heterocycles. The van der Waals surface area contributed by atoms with Crippen LogP contribution in [0.1, 0.15) is 21.6 Å². The molecule has 0 bridgehead atoms. The smallest absolute Gasteiger partial charge is 0.287 e. The minimum absolute atomic E-state index is 0.0155. The number of aromatic nitrogens is 1. The summed E-state index contributed by atoms with van der Waals surface area (Å²) in [4.78, 5) is 16.8. The molecule has 0 atom stereocenters. The van der Waals surface area contributed by atoms with Gasteiger partial charge in [-0.3, -0.25) is 14.3 Å². The second-order valence-corrected chi connectivity index (χ2v) is 8.25. The van der Waals surface area contributed by atoms with Crippen molar-refractivity contribution in [3.8, 4) is 0 Å². The summed E-state index contributed by atoms with van der Waals surface area (Å²) in [6.07, 6.45) is 2.47. The van der Waals surface area contributed by atoms with E-state index in [0.717, 1.165) is 23.0 Å². The lowest BCUT2D eigenvalue weighted by Gasteiger charge is -2.12. The van der Waals surface area contributed by atoms with Crippen molar-refractivity contribution in [3.63, 3.8) is 0 Å². The molecule has 0 aliphatic heterocycles. The molecule has 0 aliphatic rings. The molecule has 1 N–H and O–H groups in total. The zero-order chi connectivity index (χ0) is 22.7. The van der Waals surface area contributed by atoms with Gasteiger partial charge in [0.1, 0.15) is 16.3 Å². The molecule has 0 amide bonds. The summed E-state index contributed by atoms with van der Waals surface area (Å²) in [5.74, 6) is -0.441. The van der Waals surface area contributed by atoms with Crippen LogP contribution in [0.15, 0.2) is 101 Å². The van der Waals surface area contributed by atoms with Crippen molar-refractivity contribution >= 4 is 44.1 Å². The van der Waals surface area contributed by atoms with Gasteiger partial charge in [-0.25, -0.2) is 0 Å². The third kappa shape index (κ3) is 4.22. The Labute approximate surface area is 184 Å². The highest BCUT2D eigenvalue weighted by Gasteiger charge is 2.20. The summed E-state index contributed by atoms with van der Waals surface area (Å²) >= 11 is 0. The van der Waals surface area contributed by atoms with Crippen LogP contribution in [0.25, 0.3) is 16.8 Å².